The number of hydrogen-bond acceptors (Lipinski definition) is 5. The highest BCUT2D eigenvalue weighted by Crippen LogP contribution is 2.39. The zero-order chi connectivity index (χ0) is 20.6. The van der Waals surface area contributed by atoms with E-state index in [-0.39, 0.29) is 42.9 Å². The first-order valence-electron chi connectivity index (χ1n) is 10.0. The summed E-state index contributed by atoms with van der Waals surface area (Å²) in [5.74, 6) is 0.0456. The van der Waals surface area contributed by atoms with E-state index in [1.807, 2.05) is 12.1 Å². The highest BCUT2D eigenvalue weighted by atomic mass is 16.5. The zero-order valence-electron chi connectivity index (χ0n) is 16.5. The third kappa shape index (κ3) is 3.71. The van der Waals surface area contributed by atoms with Gasteiger partial charge in [-0.1, -0.05) is 12.1 Å². The lowest BCUT2D eigenvalue weighted by Gasteiger charge is -2.37. The Morgan fingerprint density at radius 3 is 2.76 bits per heavy atom. The van der Waals surface area contributed by atoms with E-state index in [4.69, 9.17) is 4.74 Å². The molecule has 1 N–H and O–H groups in total. The van der Waals surface area contributed by atoms with E-state index in [9.17, 15) is 19.2 Å². The number of rotatable bonds is 2. The number of nitrogens with zero attached hydrogens (tertiary/aromatic N) is 2. The minimum atomic E-state index is -0.719. The van der Waals surface area contributed by atoms with Gasteiger partial charge in [-0.15, -0.1) is 0 Å². The number of carbonyl (C=O) groups excluding carboxylic acids is 4. The Kier molecular flexibility index (Phi) is 5.02. The number of Topliss-reactive ketones (excluding diaryl/α,β-unsaturated/α-hetero) is 1. The monoisotopic (exact) mass is 399 g/mol. The highest BCUT2D eigenvalue weighted by molar-refractivity contribution is 6.00. The fourth-order valence-corrected chi connectivity index (χ4v) is 4.41. The first-order valence-corrected chi connectivity index (χ1v) is 10.0. The number of ether oxygens (including phenoxy) is 1. The fraction of sp³-hybridized carbons (Fsp3) is 0.524. The molecule has 29 heavy (non-hydrogen) atoms. The lowest BCUT2D eigenvalue weighted by molar-refractivity contribution is -0.147. The van der Waals surface area contributed by atoms with Crippen LogP contribution >= 0.6 is 0 Å². The molecule has 154 valence electrons. The van der Waals surface area contributed by atoms with Crippen LogP contribution in [0.15, 0.2) is 24.3 Å². The number of hydrogen-bond donors (Lipinski definition) is 1. The Labute approximate surface area is 169 Å². The van der Waals surface area contributed by atoms with Gasteiger partial charge < -0.3 is 19.9 Å². The number of likely N-dealkylation sites (tertiary alicyclic amines) is 1. The van der Waals surface area contributed by atoms with Gasteiger partial charge in [0.15, 0.2) is 5.78 Å². The summed E-state index contributed by atoms with van der Waals surface area (Å²) in [7, 11) is 0. The minimum Gasteiger partial charge on any atom is -0.486 e. The maximum absolute atomic E-state index is 12.9. The number of fused-ring (bicyclic) bond motifs is 1. The van der Waals surface area contributed by atoms with Crippen LogP contribution in [0, 0.1) is 0 Å². The number of para-hydroxylation sites is 1. The van der Waals surface area contributed by atoms with Crippen molar-refractivity contribution in [3.05, 3.63) is 29.8 Å². The van der Waals surface area contributed by atoms with Crippen molar-refractivity contribution in [3.8, 4) is 5.75 Å². The van der Waals surface area contributed by atoms with Gasteiger partial charge in [-0.2, -0.15) is 0 Å². The summed E-state index contributed by atoms with van der Waals surface area (Å²) < 4.78 is 6.23. The molecule has 8 nitrogen and oxygen atoms in total. The van der Waals surface area contributed by atoms with E-state index >= 15 is 0 Å². The summed E-state index contributed by atoms with van der Waals surface area (Å²) in [6.07, 6.45) is 1.37. The Morgan fingerprint density at radius 2 is 1.97 bits per heavy atom. The lowest BCUT2D eigenvalue weighted by Crippen LogP contribution is -2.56. The van der Waals surface area contributed by atoms with Crippen LogP contribution in [0.1, 0.15) is 43.0 Å². The number of carbonyl (C=O) groups is 4. The number of ketones is 1. The Bertz CT molecular complexity index is 870. The minimum absolute atomic E-state index is 0.0174. The van der Waals surface area contributed by atoms with E-state index in [2.05, 4.69) is 5.32 Å². The summed E-state index contributed by atoms with van der Waals surface area (Å²) in [4.78, 5) is 52.9. The van der Waals surface area contributed by atoms with Crippen LogP contribution in [0.25, 0.3) is 0 Å². The summed E-state index contributed by atoms with van der Waals surface area (Å²) in [5.41, 5.74) is -0.138. The van der Waals surface area contributed by atoms with Crippen molar-refractivity contribution in [2.75, 3.05) is 26.2 Å². The van der Waals surface area contributed by atoms with Crippen molar-refractivity contribution in [2.24, 2.45) is 0 Å². The summed E-state index contributed by atoms with van der Waals surface area (Å²) >= 11 is 0. The molecule has 3 heterocycles. The second-order valence-corrected chi connectivity index (χ2v) is 8.00. The average molecular weight is 399 g/mol. The third-order valence-corrected chi connectivity index (χ3v) is 6.09. The Morgan fingerprint density at radius 1 is 1.17 bits per heavy atom. The topological polar surface area (TPSA) is 96.0 Å². The van der Waals surface area contributed by atoms with Crippen molar-refractivity contribution in [2.45, 2.75) is 44.2 Å². The third-order valence-electron chi connectivity index (χ3n) is 6.09. The second kappa shape index (κ2) is 7.50. The number of benzene rings is 1. The molecule has 3 aliphatic heterocycles. The Hall–Kier alpha value is -2.90. The smallest absolute Gasteiger partial charge is 0.245 e. The van der Waals surface area contributed by atoms with E-state index in [0.29, 0.717) is 43.8 Å². The molecule has 0 unspecified atom stereocenters. The average Bonchev–Trinajstić information content (AvgIpc) is 2.86. The molecular formula is C21H25N3O5. The van der Waals surface area contributed by atoms with Gasteiger partial charge in [-0.05, 0) is 25.5 Å². The predicted octanol–water partition coefficient (Wildman–Crippen LogP) is 0.750. The van der Waals surface area contributed by atoms with E-state index in [1.165, 1.54) is 4.90 Å². The van der Waals surface area contributed by atoms with Gasteiger partial charge >= 0.3 is 0 Å². The van der Waals surface area contributed by atoms with Crippen LogP contribution in [-0.2, 0) is 14.4 Å². The van der Waals surface area contributed by atoms with Crippen molar-refractivity contribution >= 4 is 23.5 Å². The molecule has 2 fully saturated rings. The first kappa shape index (κ1) is 19.4. The van der Waals surface area contributed by atoms with Gasteiger partial charge in [0.1, 0.15) is 17.4 Å². The molecule has 1 aromatic rings. The second-order valence-electron chi connectivity index (χ2n) is 8.00. The first-order chi connectivity index (χ1) is 13.9. The standard InChI is InChI=1S/C21H25N3O5/c1-14(20(28)23-11-9-22-18(26)13-23)24-10-8-21(7-6-19(24)27)12-16(25)15-4-2-3-5-17(15)29-21/h2-5,14H,6-13H2,1H3,(H,22,26)/t14-,21+/m1/s1. The van der Waals surface area contributed by atoms with E-state index in [0.717, 1.165) is 0 Å². The molecule has 0 bridgehead atoms. The molecule has 3 aliphatic rings. The van der Waals surface area contributed by atoms with Crippen molar-refractivity contribution < 1.29 is 23.9 Å². The van der Waals surface area contributed by atoms with Gasteiger partial charge in [-0.3, -0.25) is 19.2 Å². The molecular weight excluding hydrogens is 374 g/mol. The molecule has 3 amide bonds. The molecule has 1 aromatic carbocycles. The van der Waals surface area contributed by atoms with E-state index < -0.39 is 11.6 Å². The van der Waals surface area contributed by atoms with Crippen LogP contribution in [0.3, 0.4) is 0 Å². The molecule has 0 saturated carbocycles. The largest absolute Gasteiger partial charge is 0.486 e. The summed E-state index contributed by atoms with van der Waals surface area (Å²) in [5, 5.41) is 2.69. The maximum atomic E-state index is 12.9. The summed E-state index contributed by atoms with van der Waals surface area (Å²) in [6.45, 7) is 2.91. The molecule has 2 atom stereocenters. The normalized spacial score (nSPS) is 25.8. The molecule has 0 aliphatic carbocycles. The van der Waals surface area contributed by atoms with Crippen LogP contribution in [0.2, 0.25) is 0 Å². The molecule has 2 saturated heterocycles. The molecule has 1 spiro atoms. The lowest BCUT2D eigenvalue weighted by atomic mass is 9.84. The molecule has 8 heteroatoms. The number of amides is 3. The van der Waals surface area contributed by atoms with Gasteiger partial charge in [-0.25, -0.2) is 0 Å². The molecule has 0 radical (unpaired) electrons. The van der Waals surface area contributed by atoms with Crippen LogP contribution < -0.4 is 10.1 Å². The van der Waals surface area contributed by atoms with Crippen LogP contribution in [-0.4, -0.2) is 71.1 Å². The van der Waals surface area contributed by atoms with Crippen LogP contribution in [0.4, 0.5) is 0 Å². The number of nitrogens with one attached hydrogen (secondary N) is 1. The van der Waals surface area contributed by atoms with Crippen molar-refractivity contribution in [1.82, 2.24) is 15.1 Å². The SMILES string of the molecule is C[C@H](C(=O)N1CCNC(=O)C1)N1CC[C@@]2(CCC1=O)CC(=O)c1ccccc1O2. The zero-order valence-corrected chi connectivity index (χ0v) is 16.5. The maximum Gasteiger partial charge on any atom is 0.245 e. The van der Waals surface area contributed by atoms with E-state index in [1.54, 1.807) is 24.0 Å². The van der Waals surface area contributed by atoms with Crippen LogP contribution in [0.5, 0.6) is 5.75 Å². The predicted molar refractivity (Wildman–Crippen MR) is 103 cm³/mol. The van der Waals surface area contributed by atoms with Gasteiger partial charge in [0, 0.05) is 32.5 Å². The summed E-state index contributed by atoms with van der Waals surface area (Å²) in [6, 6.07) is 6.52. The molecule has 4 rings (SSSR count). The van der Waals surface area contributed by atoms with Crippen molar-refractivity contribution in [1.29, 1.82) is 0 Å². The quantitative estimate of drug-likeness (QED) is 0.792. The fourth-order valence-electron chi connectivity index (χ4n) is 4.41. The highest BCUT2D eigenvalue weighted by Gasteiger charge is 2.44. The van der Waals surface area contributed by atoms with Gasteiger partial charge in [0.05, 0.1) is 18.5 Å². The van der Waals surface area contributed by atoms with Gasteiger partial charge in [0.2, 0.25) is 17.7 Å². The number of piperazine rings is 1. The van der Waals surface area contributed by atoms with Crippen molar-refractivity contribution in [3.63, 3.8) is 0 Å². The molecule has 0 aromatic heterocycles. The van der Waals surface area contributed by atoms with Gasteiger partial charge in [0.25, 0.3) is 0 Å². The Balaban J connectivity index is 1.48.